The van der Waals surface area contributed by atoms with E-state index in [-0.39, 0.29) is 23.6 Å². The number of amides is 2. The lowest BCUT2D eigenvalue weighted by atomic mass is 9.94. The maximum Gasteiger partial charge on any atom is 0.243 e. The van der Waals surface area contributed by atoms with Crippen molar-refractivity contribution in [1.29, 1.82) is 0 Å². The minimum absolute atomic E-state index is 0.0784. The third kappa shape index (κ3) is 8.76. The molecule has 1 fully saturated rings. The molecule has 2 amide bonds. The lowest BCUT2D eigenvalue weighted by Crippen LogP contribution is -2.53. The first-order chi connectivity index (χ1) is 18.9. The predicted molar refractivity (Wildman–Crippen MR) is 163 cm³/mol. The van der Waals surface area contributed by atoms with Gasteiger partial charge in [0.1, 0.15) is 6.04 Å². The van der Waals surface area contributed by atoms with E-state index in [1.807, 2.05) is 67.6 Å². The number of aryl methyl sites for hydroxylation is 1. The van der Waals surface area contributed by atoms with Crippen LogP contribution in [0.25, 0.3) is 0 Å². The molecule has 1 N–H and O–H groups in total. The zero-order chi connectivity index (χ0) is 27.6. The molecule has 3 aromatic carbocycles. The Morgan fingerprint density at radius 2 is 1.56 bits per heavy atom. The number of benzene rings is 3. The Bertz CT molecular complexity index is 1210. The van der Waals surface area contributed by atoms with Gasteiger partial charge in [-0.15, -0.1) is 11.8 Å². The quantitative estimate of drug-likeness (QED) is 0.253. The average molecular weight is 584 g/mol. The monoisotopic (exact) mass is 582 g/mol. The lowest BCUT2D eigenvalue weighted by Gasteiger charge is -2.33. The number of hydrogen-bond donors (Lipinski definition) is 1. The maximum absolute atomic E-state index is 13.9. The van der Waals surface area contributed by atoms with Crippen LogP contribution in [0.2, 0.25) is 10.0 Å². The molecule has 39 heavy (non-hydrogen) atoms. The Kier molecular flexibility index (Phi) is 11.2. The number of carbonyl (C=O) groups is 2. The fourth-order valence-corrected chi connectivity index (χ4v) is 6.63. The van der Waals surface area contributed by atoms with E-state index in [2.05, 4.69) is 5.32 Å². The van der Waals surface area contributed by atoms with Crippen LogP contribution < -0.4 is 5.32 Å². The first-order valence-corrected chi connectivity index (χ1v) is 15.5. The number of nitrogens with zero attached hydrogens (tertiary/aromatic N) is 1. The van der Waals surface area contributed by atoms with E-state index in [9.17, 15) is 9.59 Å². The minimum atomic E-state index is -0.618. The van der Waals surface area contributed by atoms with Crippen LogP contribution in [0.1, 0.15) is 54.4 Å². The van der Waals surface area contributed by atoms with Gasteiger partial charge in [-0.1, -0.05) is 109 Å². The Labute approximate surface area is 246 Å². The fraction of sp³-hybridized carbons (Fsp3) is 0.375. The summed E-state index contributed by atoms with van der Waals surface area (Å²) in [4.78, 5) is 29.5. The van der Waals surface area contributed by atoms with Crippen LogP contribution in [0, 0.1) is 6.92 Å². The van der Waals surface area contributed by atoms with Crippen molar-refractivity contribution < 1.29 is 9.59 Å². The standard InChI is InChI=1S/C32H36Cl2N2O2S/c1-23-15-17-25(18-16-23)20-36(31(37)22-39-21-27-28(33)13-8-14-29(27)34)30(19-24-9-4-2-5-10-24)32(38)35-26-11-6-3-7-12-26/h2,4-5,8-10,13-18,26,30H,3,6-7,11-12,19-22H2,1H3,(H,35,38). The molecular formula is C32H36Cl2N2O2S. The van der Waals surface area contributed by atoms with Gasteiger partial charge >= 0.3 is 0 Å². The highest BCUT2D eigenvalue weighted by atomic mass is 35.5. The number of halogens is 2. The number of rotatable bonds is 11. The summed E-state index contributed by atoms with van der Waals surface area (Å²) >= 11 is 14.2. The summed E-state index contributed by atoms with van der Waals surface area (Å²) in [6, 6.07) is 23.1. The average Bonchev–Trinajstić information content (AvgIpc) is 2.94. The van der Waals surface area contributed by atoms with Crippen molar-refractivity contribution in [2.75, 3.05) is 5.75 Å². The second-order valence-corrected chi connectivity index (χ2v) is 12.0. The summed E-state index contributed by atoms with van der Waals surface area (Å²) in [6.07, 6.45) is 5.90. The van der Waals surface area contributed by atoms with Crippen molar-refractivity contribution in [3.8, 4) is 0 Å². The topological polar surface area (TPSA) is 49.4 Å². The molecule has 206 valence electrons. The molecule has 4 rings (SSSR count). The van der Waals surface area contributed by atoms with E-state index >= 15 is 0 Å². The maximum atomic E-state index is 13.9. The molecule has 0 radical (unpaired) electrons. The molecule has 1 saturated carbocycles. The van der Waals surface area contributed by atoms with E-state index in [0.29, 0.717) is 28.8 Å². The second-order valence-electron chi connectivity index (χ2n) is 10.2. The van der Waals surface area contributed by atoms with Crippen molar-refractivity contribution in [3.05, 3.63) is 105 Å². The molecule has 1 aliphatic rings. The van der Waals surface area contributed by atoms with Crippen LogP contribution in [-0.4, -0.2) is 34.6 Å². The Hall–Kier alpha value is -2.47. The summed E-state index contributed by atoms with van der Waals surface area (Å²) in [5.74, 6) is 0.573. The molecule has 0 bridgehead atoms. The number of thioether (sulfide) groups is 1. The molecule has 0 spiro atoms. The van der Waals surface area contributed by atoms with E-state index in [4.69, 9.17) is 23.2 Å². The molecule has 7 heteroatoms. The lowest BCUT2D eigenvalue weighted by molar-refractivity contribution is -0.139. The molecule has 0 heterocycles. The summed E-state index contributed by atoms with van der Waals surface area (Å²) in [6.45, 7) is 2.40. The van der Waals surface area contributed by atoms with E-state index in [1.165, 1.54) is 18.2 Å². The Balaban J connectivity index is 1.57. The van der Waals surface area contributed by atoms with Crippen molar-refractivity contribution >= 4 is 46.8 Å². The number of hydrogen-bond acceptors (Lipinski definition) is 3. The van der Waals surface area contributed by atoms with Gasteiger partial charge in [0.05, 0.1) is 5.75 Å². The summed E-state index contributed by atoms with van der Waals surface area (Å²) in [5.41, 5.74) is 3.99. The van der Waals surface area contributed by atoms with E-state index in [0.717, 1.165) is 47.9 Å². The normalized spacial score (nSPS) is 14.5. The van der Waals surface area contributed by atoms with Crippen LogP contribution in [0.4, 0.5) is 0 Å². The van der Waals surface area contributed by atoms with Gasteiger partial charge < -0.3 is 10.2 Å². The van der Waals surface area contributed by atoms with Gasteiger partial charge in [-0.05, 0) is 48.6 Å². The van der Waals surface area contributed by atoms with Gasteiger partial charge in [-0.25, -0.2) is 0 Å². The van der Waals surface area contributed by atoms with Gasteiger partial charge in [-0.2, -0.15) is 0 Å². The molecule has 0 saturated heterocycles. The number of nitrogens with one attached hydrogen (secondary N) is 1. The zero-order valence-electron chi connectivity index (χ0n) is 22.4. The van der Waals surface area contributed by atoms with Crippen molar-refractivity contribution in [2.45, 2.75) is 69.8 Å². The first-order valence-electron chi connectivity index (χ1n) is 13.6. The predicted octanol–water partition coefficient (Wildman–Crippen LogP) is 7.62. The molecule has 4 nitrogen and oxygen atoms in total. The van der Waals surface area contributed by atoms with Crippen molar-refractivity contribution in [1.82, 2.24) is 10.2 Å². The van der Waals surface area contributed by atoms with Gasteiger partial charge in [0.25, 0.3) is 0 Å². The summed E-state index contributed by atoms with van der Waals surface area (Å²) in [7, 11) is 0. The molecule has 3 aromatic rings. The van der Waals surface area contributed by atoms with Crippen LogP contribution >= 0.6 is 35.0 Å². The van der Waals surface area contributed by atoms with Crippen LogP contribution in [0.15, 0.2) is 72.8 Å². The summed E-state index contributed by atoms with van der Waals surface area (Å²) < 4.78 is 0. The smallest absolute Gasteiger partial charge is 0.243 e. The molecule has 1 aliphatic carbocycles. The third-order valence-corrected chi connectivity index (χ3v) is 8.88. The highest BCUT2D eigenvalue weighted by Gasteiger charge is 2.32. The molecular weight excluding hydrogens is 547 g/mol. The van der Waals surface area contributed by atoms with Crippen LogP contribution in [-0.2, 0) is 28.3 Å². The van der Waals surface area contributed by atoms with E-state index in [1.54, 1.807) is 17.0 Å². The summed E-state index contributed by atoms with van der Waals surface area (Å²) in [5, 5.41) is 4.47. The second kappa shape index (κ2) is 14.8. The SMILES string of the molecule is Cc1ccc(CN(C(=O)CSCc2c(Cl)cccc2Cl)C(Cc2ccccc2)C(=O)NC2CCCCC2)cc1. The van der Waals surface area contributed by atoms with Gasteiger partial charge in [0.2, 0.25) is 11.8 Å². The van der Waals surface area contributed by atoms with Crippen molar-refractivity contribution in [2.24, 2.45) is 0 Å². The molecule has 0 aromatic heterocycles. The van der Waals surface area contributed by atoms with E-state index < -0.39 is 6.04 Å². The van der Waals surface area contributed by atoms with Crippen LogP contribution in [0.3, 0.4) is 0 Å². The van der Waals surface area contributed by atoms with Crippen molar-refractivity contribution in [3.63, 3.8) is 0 Å². The molecule has 0 aliphatic heterocycles. The largest absolute Gasteiger partial charge is 0.352 e. The fourth-order valence-electron chi connectivity index (χ4n) is 4.98. The minimum Gasteiger partial charge on any atom is -0.352 e. The Morgan fingerprint density at radius 1 is 0.897 bits per heavy atom. The highest BCUT2D eigenvalue weighted by Crippen LogP contribution is 2.29. The zero-order valence-corrected chi connectivity index (χ0v) is 24.7. The van der Waals surface area contributed by atoms with Gasteiger partial charge in [-0.3, -0.25) is 9.59 Å². The highest BCUT2D eigenvalue weighted by molar-refractivity contribution is 7.99. The first kappa shape index (κ1) is 29.5. The van der Waals surface area contributed by atoms with Crippen LogP contribution in [0.5, 0.6) is 0 Å². The molecule has 1 unspecified atom stereocenters. The Morgan fingerprint density at radius 3 is 2.23 bits per heavy atom. The third-order valence-electron chi connectivity index (χ3n) is 7.23. The number of carbonyl (C=O) groups excluding carboxylic acids is 2. The van der Waals surface area contributed by atoms with Gasteiger partial charge in [0, 0.05) is 34.8 Å². The van der Waals surface area contributed by atoms with Gasteiger partial charge in [0.15, 0.2) is 0 Å². The molecule has 1 atom stereocenters.